The highest BCUT2D eigenvalue weighted by Crippen LogP contribution is 2.33. The molecule has 0 bridgehead atoms. The van der Waals surface area contributed by atoms with E-state index in [2.05, 4.69) is 63.0 Å². The van der Waals surface area contributed by atoms with Crippen molar-refractivity contribution in [3.8, 4) is 0 Å². The smallest absolute Gasteiger partial charge is 0.0405 e. The number of hydrogen-bond acceptors (Lipinski definition) is 2. The first-order chi connectivity index (χ1) is 8.42. The van der Waals surface area contributed by atoms with Gasteiger partial charge in [-0.2, -0.15) is 0 Å². The quantitative estimate of drug-likeness (QED) is 0.818. The van der Waals surface area contributed by atoms with Gasteiger partial charge in [0.15, 0.2) is 0 Å². The van der Waals surface area contributed by atoms with E-state index >= 15 is 0 Å². The van der Waals surface area contributed by atoms with Gasteiger partial charge in [0.2, 0.25) is 0 Å². The molecule has 1 aromatic rings. The van der Waals surface area contributed by atoms with E-state index in [0.29, 0.717) is 6.04 Å². The first-order valence-electron chi connectivity index (χ1n) is 6.99. The van der Waals surface area contributed by atoms with E-state index in [9.17, 15) is 0 Å². The lowest BCUT2D eigenvalue weighted by Gasteiger charge is -2.43. The van der Waals surface area contributed by atoms with Crippen LogP contribution < -0.4 is 10.2 Å². The molecule has 1 fully saturated rings. The summed E-state index contributed by atoms with van der Waals surface area (Å²) in [6, 6.07) is 7.31. The van der Waals surface area contributed by atoms with Gasteiger partial charge < -0.3 is 10.2 Å². The summed E-state index contributed by atoms with van der Waals surface area (Å²) in [6.07, 6.45) is 1.19. The third kappa shape index (κ3) is 2.54. The highest BCUT2D eigenvalue weighted by molar-refractivity contribution is 5.57. The molecule has 1 atom stereocenters. The number of hydrogen-bond donors (Lipinski definition) is 1. The molecule has 100 valence electrons. The zero-order valence-electron chi connectivity index (χ0n) is 12.4. The van der Waals surface area contributed by atoms with Crippen LogP contribution in [-0.2, 0) is 0 Å². The van der Waals surface area contributed by atoms with Crippen molar-refractivity contribution in [2.24, 2.45) is 0 Å². The summed E-state index contributed by atoms with van der Waals surface area (Å²) < 4.78 is 0. The van der Waals surface area contributed by atoms with Crippen molar-refractivity contribution in [1.82, 2.24) is 5.32 Å². The van der Waals surface area contributed by atoms with Crippen LogP contribution in [0.2, 0.25) is 0 Å². The molecule has 1 aliphatic rings. The lowest BCUT2D eigenvalue weighted by Crippen LogP contribution is -2.50. The summed E-state index contributed by atoms with van der Waals surface area (Å²) in [7, 11) is 0. The van der Waals surface area contributed by atoms with Crippen LogP contribution in [0.25, 0.3) is 0 Å². The molecule has 1 heterocycles. The van der Waals surface area contributed by atoms with Crippen LogP contribution in [0, 0.1) is 13.8 Å². The third-order valence-corrected chi connectivity index (χ3v) is 4.07. The fourth-order valence-corrected chi connectivity index (χ4v) is 3.06. The highest BCUT2D eigenvalue weighted by Gasteiger charge is 2.33. The number of anilines is 1. The predicted molar refractivity (Wildman–Crippen MR) is 79.4 cm³/mol. The summed E-state index contributed by atoms with van der Waals surface area (Å²) in [4.78, 5) is 2.61. The molecule has 2 heteroatoms. The molecule has 0 amide bonds. The Morgan fingerprint density at radius 2 is 2.00 bits per heavy atom. The fraction of sp³-hybridized carbons (Fsp3) is 0.625. The molecule has 0 radical (unpaired) electrons. The molecule has 2 nitrogen and oxygen atoms in total. The van der Waals surface area contributed by atoms with E-state index in [-0.39, 0.29) is 5.54 Å². The predicted octanol–water partition coefficient (Wildman–Crippen LogP) is 3.27. The monoisotopic (exact) mass is 246 g/mol. The summed E-state index contributed by atoms with van der Waals surface area (Å²) in [5.74, 6) is 0. The van der Waals surface area contributed by atoms with Gasteiger partial charge in [0.1, 0.15) is 0 Å². The normalized spacial score (nSPS) is 23.8. The maximum Gasteiger partial charge on any atom is 0.0405 e. The average molecular weight is 246 g/mol. The van der Waals surface area contributed by atoms with Gasteiger partial charge in [-0.1, -0.05) is 12.1 Å². The molecule has 0 saturated carbocycles. The fourth-order valence-electron chi connectivity index (χ4n) is 3.06. The van der Waals surface area contributed by atoms with E-state index in [0.717, 1.165) is 13.1 Å². The first kappa shape index (κ1) is 13.4. The molecule has 1 unspecified atom stereocenters. The number of aryl methyl sites for hydroxylation is 2. The van der Waals surface area contributed by atoms with Gasteiger partial charge in [-0.3, -0.25) is 0 Å². The van der Waals surface area contributed by atoms with Crippen molar-refractivity contribution in [2.75, 3.05) is 18.0 Å². The second-order valence-corrected chi connectivity index (χ2v) is 6.28. The van der Waals surface area contributed by atoms with Crippen LogP contribution in [0.3, 0.4) is 0 Å². The SMILES string of the molecule is Cc1ccc(C)c(N2C(C)CNCCC2(C)C)c1. The number of benzene rings is 1. The van der Waals surface area contributed by atoms with Crippen molar-refractivity contribution in [3.05, 3.63) is 29.3 Å². The second-order valence-electron chi connectivity index (χ2n) is 6.28. The van der Waals surface area contributed by atoms with Gasteiger partial charge in [0.05, 0.1) is 0 Å². The Morgan fingerprint density at radius 1 is 1.28 bits per heavy atom. The Kier molecular flexibility index (Phi) is 3.67. The maximum atomic E-state index is 3.54. The molecule has 18 heavy (non-hydrogen) atoms. The van der Waals surface area contributed by atoms with Crippen LogP contribution >= 0.6 is 0 Å². The van der Waals surface area contributed by atoms with Gasteiger partial charge in [0, 0.05) is 23.8 Å². The summed E-state index contributed by atoms with van der Waals surface area (Å²) in [5, 5.41) is 3.54. The van der Waals surface area contributed by atoms with Crippen molar-refractivity contribution in [1.29, 1.82) is 0 Å². The van der Waals surface area contributed by atoms with E-state index in [1.807, 2.05) is 0 Å². The standard InChI is InChI=1S/C16H26N2/c1-12-6-7-13(2)15(10-12)18-14(3)11-17-9-8-16(18,4)5/h6-7,10,14,17H,8-9,11H2,1-5H3. The number of nitrogens with one attached hydrogen (secondary N) is 1. The molecule has 1 saturated heterocycles. The first-order valence-corrected chi connectivity index (χ1v) is 6.99. The van der Waals surface area contributed by atoms with E-state index < -0.39 is 0 Å². The minimum atomic E-state index is 0.210. The van der Waals surface area contributed by atoms with E-state index in [1.165, 1.54) is 23.2 Å². The van der Waals surface area contributed by atoms with Gasteiger partial charge in [-0.05, 0) is 64.8 Å². The summed E-state index contributed by atoms with van der Waals surface area (Å²) >= 11 is 0. The van der Waals surface area contributed by atoms with Gasteiger partial charge in [-0.25, -0.2) is 0 Å². The van der Waals surface area contributed by atoms with E-state index in [1.54, 1.807) is 0 Å². The minimum Gasteiger partial charge on any atom is -0.362 e. The Labute approximate surface area is 111 Å². The van der Waals surface area contributed by atoms with Gasteiger partial charge >= 0.3 is 0 Å². The van der Waals surface area contributed by atoms with Crippen LogP contribution in [0.5, 0.6) is 0 Å². The lowest BCUT2D eigenvalue weighted by atomic mass is 9.94. The van der Waals surface area contributed by atoms with Crippen molar-refractivity contribution in [3.63, 3.8) is 0 Å². The molecule has 1 aromatic carbocycles. The topological polar surface area (TPSA) is 15.3 Å². The van der Waals surface area contributed by atoms with Crippen LogP contribution in [0.15, 0.2) is 18.2 Å². The van der Waals surface area contributed by atoms with Crippen LogP contribution in [0.4, 0.5) is 5.69 Å². The Hall–Kier alpha value is -1.02. The molecule has 0 aliphatic carbocycles. The Balaban J connectivity index is 2.46. The number of rotatable bonds is 1. The van der Waals surface area contributed by atoms with Gasteiger partial charge in [0.25, 0.3) is 0 Å². The van der Waals surface area contributed by atoms with Crippen LogP contribution in [-0.4, -0.2) is 24.7 Å². The average Bonchev–Trinajstić information content (AvgIpc) is 2.41. The van der Waals surface area contributed by atoms with E-state index in [4.69, 9.17) is 0 Å². The van der Waals surface area contributed by atoms with Crippen molar-refractivity contribution >= 4 is 5.69 Å². The molecule has 0 aromatic heterocycles. The lowest BCUT2D eigenvalue weighted by molar-refractivity contribution is 0.425. The molecular weight excluding hydrogens is 220 g/mol. The van der Waals surface area contributed by atoms with Crippen molar-refractivity contribution < 1.29 is 0 Å². The van der Waals surface area contributed by atoms with Crippen LogP contribution in [0.1, 0.15) is 38.3 Å². The molecular formula is C16H26N2. The Morgan fingerprint density at radius 3 is 2.72 bits per heavy atom. The zero-order valence-corrected chi connectivity index (χ0v) is 12.4. The molecule has 1 aliphatic heterocycles. The minimum absolute atomic E-state index is 0.210. The molecule has 1 N–H and O–H groups in total. The zero-order chi connectivity index (χ0) is 13.3. The third-order valence-electron chi connectivity index (χ3n) is 4.07. The molecule has 2 rings (SSSR count). The summed E-state index contributed by atoms with van der Waals surface area (Å²) in [5.41, 5.74) is 4.33. The van der Waals surface area contributed by atoms with Crippen molar-refractivity contribution in [2.45, 2.75) is 52.6 Å². The highest BCUT2D eigenvalue weighted by atomic mass is 15.2. The largest absolute Gasteiger partial charge is 0.362 e. The number of nitrogens with zero attached hydrogens (tertiary/aromatic N) is 1. The second kappa shape index (κ2) is 4.93. The maximum absolute atomic E-state index is 3.54. The summed E-state index contributed by atoms with van der Waals surface area (Å²) in [6.45, 7) is 13.6. The van der Waals surface area contributed by atoms with Gasteiger partial charge in [-0.15, -0.1) is 0 Å². The Bertz CT molecular complexity index is 423. The molecule has 0 spiro atoms.